The van der Waals surface area contributed by atoms with Crippen LogP contribution in [0, 0.1) is 0 Å². The molecule has 2 aromatic rings. The lowest BCUT2D eigenvalue weighted by molar-refractivity contribution is 0.591. The largest absolute Gasteiger partial charge is 0.255 e. The molecule has 0 unspecified atom stereocenters. The Kier molecular flexibility index (Phi) is 2.43. The van der Waals surface area contributed by atoms with Gasteiger partial charge in [0.05, 0.1) is 10.5 Å². The van der Waals surface area contributed by atoms with E-state index in [9.17, 15) is 0 Å². The van der Waals surface area contributed by atoms with Gasteiger partial charge in [-0.1, -0.05) is 38.4 Å². The summed E-state index contributed by atoms with van der Waals surface area (Å²) < 4.78 is 0. The van der Waals surface area contributed by atoms with Gasteiger partial charge in [-0.15, -0.1) is 0 Å². The van der Waals surface area contributed by atoms with Crippen LogP contribution in [0.2, 0.25) is 5.02 Å². The van der Waals surface area contributed by atoms with E-state index in [0.29, 0.717) is 5.02 Å². The fourth-order valence-corrected chi connectivity index (χ4v) is 1.74. The van der Waals surface area contributed by atoms with Crippen molar-refractivity contribution in [1.29, 1.82) is 0 Å². The highest BCUT2D eigenvalue weighted by Crippen LogP contribution is 2.26. The molecule has 0 bridgehead atoms. The lowest BCUT2D eigenvalue weighted by atomic mass is 9.86. The predicted octanol–water partition coefficient (Wildman–Crippen LogP) is 4.19. The number of nitrogens with zero attached hydrogens (tertiary/aromatic N) is 1. The van der Waals surface area contributed by atoms with E-state index in [1.54, 1.807) is 6.20 Å². The molecule has 15 heavy (non-hydrogen) atoms. The molecular formula is C13H14ClN. The molecule has 0 N–H and O–H groups in total. The van der Waals surface area contributed by atoms with Crippen LogP contribution in [0.4, 0.5) is 0 Å². The summed E-state index contributed by atoms with van der Waals surface area (Å²) in [6.07, 6.45) is 1.68. The summed E-state index contributed by atoms with van der Waals surface area (Å²) in [5.41, 5.74) is 2.46. The van der Waals surface area contributed by atoms with E-state index in [0.717, 1.165) is 10.9 Å². The summed E-state index contributed by atoms with van der Waals surface area (Å²) in [5.74, 6) is 0. The Labute approximate surface area is 95.1 Å². The van der Waals surface area contributed by atoms with Crippen LogP contribution in [-0.4, -0.2) is 4.98 Å². The Morgan fingerprint density at radius 2 is 1.87 bits per heavy atom. The zero-order valence-electron chi connectivity index (χ0n) is 9.21. The number of hydrogen-bond donors (Lipinski definition) is 0. The molecule has 78 valence electrons. The Bertz CT molecular complexity index is 497. The van der Waals surface area contributed by atoms with Crippen LogP contribution >= 0.6 is 11.6 Å². The monoisotopic (exact) mass is 219 g/mol. The molecule has 0 saturated carbocycles. The minimum absolute atomic E-state index is 0.163. The highest BCUT2D eigenvalue weighted by Gasteiger charge is 2.13. The van der Waals surface area contributed by atoms with Crippen molar-refractivity contribution in [3.8, 4) is 0 Å². The van der Waals surface area contributed by atoms with E-state index in [2.05, 4.69) is 37.9 Å². The Balaban J connectivity index is 2.64. The Morgan fingerprint density at radius 1 is 1.13 bits per heavy atom. The molecule has 1 aromatic heterocycles. The topological polar surface area (TPSA) is 12.9 Å². The van der Waals surface area contributed by atoms with E-state index >= 15 is 0 Å². The average Bonchev–Trinajstić information content (AvgIpc) is 2.15. The van der Waals surface area contributed by atoms with Crippen molar-refractivity contribution in [2.24, 2.45) is 0 Å². The lowest BCUT2D eigenvalue weighted by Gasteiger charge is -2.19. The second kappa shape index (κ2) is 3.49. The summed E-state index contributed by atoms with van der Waals surface area (Å²) in [4.78, 5) is 4.27. The smallest absolute Gasteiger partial charge is 0.0703 e. The third kappa shape index (κ3) is 2.13. The first-order valence-electron chi connectivity index (χ1n) is 5.02. The van der Waals surface area contributed by atoms with Crippen molar-refractivity contribution in [3.05, 3.63) is 41.0 Å². The van der Waals surface area contributed by atoms with Crippen molar-refractivity contribution in [2.75, 3.05) is 0 Å². The Morgan fingerprint density at radius 3 is 2.53 bits per heavy atom. The second-order valence-corrected chi connectivity index (χ2v) is 5.25. The van der Waals surface area contributed by atoms with Crippen LogP contribution in [0.5, 0.6) is 0 Å². The van der Waals surface area contributed by atoms with Crippen molar-refractivity contribution in [3.63, 3.8) is 0 Å². The van der Waals surface area contributed by atoms with Crippen LogP contribution in [0.1, 0.15) is 26.3 Å². The maximum Gasteiger partial charge on any atom is 0.0703 e. The van der Waals surface area contributed by atoms with E-state index in [-0.39, 0.29) is 5.41 Å². The number of benzene rings is 1. The predicted molar refractivity (Wildman–Crippen MR) is 65.5 cm³/mol. The van der Waals surface area contributed by atoms with Gasteiger partial charge in [0.15, 0.2) is 0 Å². The third-order valence-corrected chi connectivity index (χ3v) is 2.72. The first-order valence-corrected chi connectivity index (χ1v) is 5.40. The van der Waals surface area contributed by atoms with Gasteiger partial charge in [-0.05, 0) is 29.2 Å². The summed E-state index contributed by atoms with van der Waals surface area (Å²) in [7, 11) is 0. The number of halogens is 1. The summed E-state index contributed by atoms with van der Waals surface area (Å²) in [6.45, 7) is 6.60. The molecule has 0 fully saturated rings. The van der Waals surface area contributed by atoms with Crippen LogP contribution in [0.25, 0.3) is 10.9 Å². The van der Waals surface area contributed by atoms with Gasteiger partial charge >= 0.3 is 0 Å². The van der Waals surface area contributed by atoms with Gasteiger partial charge < -0.3 is 0 Å². The standard InChI is InChI=1S/C13H14ClN/c1-13(2,3)10-4-5-12-9(6-10)7-11(14)8-15-12/h4-8H,1-3H3. The number of pyridine rings is 1. The normalized spacial score (nSPS) is 12.0. The molecule has 0 radical (unpaired) electrons. The SMILES string of the molecule is CC(C)(C)c1ccc2ncc(Cl)cc2c1. The van der Waals surface area contributed by atoms with Crippen molar-refractivity contribution in [2.45, 2.75) is 26.2 Å². The Hall–Kier alpha value is -1.08. The highest BCUT2D eigenvalue weighted by molar-refractivity contribution is 6.31. The van der Waals surface area contributed by atoms with Gasteiger partial charge in [0, 0.05) is 11.6 Å². The minimum Gasteiger partial charge on any atom is -0.255 e. The molecule has 0 aliphatic rings. The third-order valence-electron chi connectivity index (χ3n) is 2.51. The van der Waals surface area contributed by atoms with E-state index in [4.69, 9.17) is 11.6 Å². The fraction of sp³-hybridized carbons (Fsp3) is 0.308. The lowest BCUT2D eigenvalue weighted by Crippen LogP contribution is -2.10. The summed E-state index contributed by atoms with van der Waals surface area (Å²) >= 11 is 5.92. The fourth-order valence-electron chi connectivity index (χ4n) is 1.57. The average molecular weight is 220 g/mol. The van der Waals surface area contributed by atoms with Gasteiger partial charge in [-0.2, -0.15) is 0 Å². The van der Waals surface area contributed by atoms with Crippen molar-refractivity contribution in [1.82, 2.24) is 4.98 Å². The van der Waals surface area contributed by atoms with E-state index < -0.39 is 0 Å². The second-order valence-electron chi connectivity index (χ2n) is 4.81. The van der Waals surface area contributed by atoms with Gasteiger partial charge in [0.2, 0.25) is 0 Å². The van der Waals surface area contributed by atoms with Crippen molar-refractivity contribution < 1.29 is 0 Å². The van der Waals surface area contributed by atoms with Crippen LogP contribution < -0.4 is 0 Å². The summed E-state index contributed by atoms with van der Waals surface area (Å²) in [6, 6.07) is 8.29. The van der Waals surface area contributed by atoms with Crippen molar-refractivity contribution >= 4 is 22.5 Å². The minimum atomic E-state index is 0.163. The van der Waals surface area contributed by atoms with E-state index in [1.165, 1.54) is 5.56 Å². The summed E-state index contributed by atoms with van der Waals surface area (Å²) in [5, 5.41) is 1.79. The molecule has 1 nitrogen and oxygen atoms in total. The van der Waals surface area contributed by atoms with Gasteiger partial charge in [-0.3, -0.25) is 4.98 Å². The van der Waals surface area contributed by atoms with Gasteiger partial charge in [0.1, 0.15) is 0 Å². The molecule has 1 heterocycles. The van der Waals surface area contributed by atoms with Gasteiger partial charge in [-0.25, -0.2) is 0 Å². The number of fused-ring (bicyclic) bond motifs is 1. The maximum absolute atomic E-state index is 5.92. The van der Waals surface area contributed by atoms with Crippen LogP contribution in [0.3, 0.4) is 0 Å². The number of aromatic nitrogens is 1. The molecule has 2 rings (SSSR count). The van der Waals surface area contributed by atoms with Crippen LogP contribution in [0.15, 0.2) is 30.5 Å². The molecule has 0 saturated heterocycles. The highest BCUT2D eigenvalue weighted by atomic mass is 35.5. The molecule has 0 aliphatic carbocycles. The molecular weight excluding hydrogens is 206 g/mol. The number of hydrogen-bond acceptors (Lipinski definition) is 1. The maximum atomic E-state index is 5.92. The molecule has 0 atom stereocenters. The molecule has 2 heteroatoms. The molecule has 1 aromatic carbocycles. The molecule has 0 amide bonds. The zero-order valence-corrected chi connectivity index (χ0v) is 9.97. The quantitative estimate of drug-likeness (QED) is 0.648. The number of rotatable bonds is 0. The molecule has 0 spiro atoms. The van der Waals surface area contributed by atoms with E-state index in [1.807, 2.05) is 12.1 Å². The van der Waals surface area contributed by atoms with Gasteiger partial charge in [0.25, 0.3) is 0 Å². The zero-order chi connectivity index (χ0) is 11.1. The molecule has 0 aliphatic heterocycles. The first kappa shape index (κ1) is 10.4. The first-order chi connectivity index (χ1) is 6.97. The van der Waals surface area contributed by atoms with Crippen LogP contribution in [-0.2, 0) is 5.41 Å².